The van der Waals surface area contributed by atoms with Gasteiger partial charge in [0.05, 0.1) is 10.8 Å². The SMILES string of the molecule is Cc1ccccc1S(=O)c1cccc(-c2noc(C(F)(F)F)n2)c1. The molecule has 0 amide bonds. The Morgan fingerprint density at radius 3 is 2.50 bits per heavy atom. The zero-order valence-corrected chi connectivity index (χ0v) is 13.2. The molecule has 124 valence electrons. The van der Waals surface area contributed by atoms with Crippen LogP contribution in [0.1, 0.15) is 11.5 Å². The van der Waals surface area contributed by atoms with E-state index in [1.165, 1.54) is 12.1 Å². The highest BCUT2D eigenvalue weighted by molar-refractivity contribution is 7.85. The Balaban J connectivity index is 1.97. The number of alkyl halides is 3. The molecule has 3 aromatic rings. The van der Waals surface area contributed by atoms with Gasteiger partial charge < -0.3 is 4.52 Å². The van der Waals surface area contributed by atoms with Gasteiger partial charge in [-0.15, -0.1) is 0 Å². The third kappa shape index (κ3) is 3.23. The second kappa shape index (κ2) is 6.20. The Bertz CT molecular complexity index is 906. The van der Waals surface area contributed by atoms with E-state index in [4.69, 9.17) is 0 Å². The van der Waals surface area contributed by atoms with E-state index in [-0.39, 0.29) is 5.82 Å². The van der Waals surface area contributed by atoms with Crippen LogP contribution in [0, 0.1) is 6.92 Å². The average Bonchev–Trinajstić information content (AvgIpc) is 3.05. The minimum atomic E-state index is -4.70. The fourth-order valence-electron chi connectivity index (χ4n) is 2.10. The predicted octanol–water partition coefficient (Wildman–Crippen LogP) is 4.23. The number of hydrogen-bond donors (Lipinski definition) is 0. The molecule has 0 N–H and O–H groups in total. The quantitative estimate of drug-likeness (QED) is 0.708. The Morgan fingerprint density at radius 2 is 1.83 bits per heavy atom. The lowest BCUT2D eigenvalue weighted by Gasteiger charge is -2.06. The molecule has 0 fully saturated rings. The summed E-state index contributed by atoms with van der Waals surface area (Å²) in [7, 11) is -1.46. The number of hydrogen-bond acceptors (Lipinski definition) is 4. The van der Waals surface area contributed by atoms with E-state index in [1.807, 2.05) is 19.1 Å². The minimum Gasteiger partial charge on any atom is -0.329 e. The van der Waals surface area contributed by atoms with Gasteiger partial charge in [0.1, 0.15) is 0 Å². The molecule has 3 rings (SSSR count). The number of nitrogens with zero attached hydrogens (tertiary/aromatic N) is 2. The molecule has 0 saturated heterocycles. The van der Waals surface area contributed by atoms with Crippen LogP contribution >= 0.6 is 0 Å². The van der Waals surface area contributed by atoms with Crippen LogP contribution in [-0.4, -0.2) is 14.3 Å². The zero-order chi connectivity index (χ0) is 17.3. The smallest absolute Gasteiger partial charge is 0.329 e. The van der Waals surface area contributed by atoms with Crippen molar-refractivity contribution < 1.29 is 21.9 Å². The molecular formula is C16H11F3N2O2S. The maximum atomic E-state index is 12.7. The summed E-state index contributed by atoms with van der Waals surface area (Å²) in [6, 6.07) is 13.4. The Morgan fingerprint density at radius 1 is 1.08 bits per heavy atom. The Kier molecular flexibility index (Phi) is 4.23. The van der Waals surface area contributed by atoms with Gasteiger partial charge in [0.15, 0.2) is 0 Å². The molecule has 0 bridgehead atoms. The fourth-order valence-corrected chi connectivity index (χ4v) is 3.35. The first-order valence-corrected chi connectivity index (χ1v) is 8.00. The van der Waals surface area contributed by atoms with Gasteiger partial charge in [-0.05, 0) is 30.7 Å². The topological polar surface area (TPSA) is 56.0 Å². The van der Waals surface area contributed by atoms with E-state index >= 15 is 0 Å². The molecule has 0 spiro atoms. The third-order valence-corrected chi connectivity index (χ3v) is 4.81. The lowest BCUT2D eigenvalue weighted by Crippen LogP contribution is -2.04. The molecule has 0 aliphatic carbocycles. The van der Waals surface area contributed by atoms with Crippen LogP contribution in [0.15, 0.2) is 62.8 Å². The second-order valence-electron chi connectivity index (χ2n) is 4.98. The van der Waals surface area contributed by atoms with Crippen molar-refractivity contribution in [1.82, 2.24) is 10.1 Å². The van der Waals surface area contributed by atoms with E-state index in [0.29, 0.717) is 15.4 Å². The van der Waals surface area contributed by atoms with E-state index in [2.05, 4.69) is 14.7 Å². The van der Waals surface area contributed by atoms with Crippen molar-refractivity contribution >= 4 is 10.8 Å². The van der Waals surface area contributed by atoms with Gasteiger partial charge in [-0.25, -0.2) is 4.21 Å². The molecule has 2 aromatic carbocycles. The molecule has 8 heteroatoms. The highest BCUT2D eigenvalue weighted by Gasteiger charge is 2.38. The van der Waals surface area contributed by atoms with Gasteiger partial charge in [0.25, 0.3) is 0 Å². The summed E-state index contributed by atoms with van der Waals surface area (Å²) in [5.41, 5.74) is 1.16. The molecule has 0 aliphatic rings. The average molecular weight is 352 g/mol. The summed E-state index contributed by atoms with van der Waals surface area (Å²) in [5, 5.41) is 3.34. The minimum absolute atomic E-state index is 0.203. The summed E-state index contributed by atoms with van der Waals surface area (Å²) in [4.78, 5) is 4.42. The number of aryl methyl sites for hydroxylation is 1. The van der Waals surface area contributed by atoms with Gasteiger partial charge in [-0.3, -0.25) is 0 Å². The molecule has 0 saturated carbocycles. The normalized spacial score (nSPS) is 13.0. The first kappa shape index (κ1) is 16.4. The summed E-state index contributed by atoms with van der Waals surface area (Å²) in [5.74, 6) is -1.62. The Hall–Kier alpha value is -2.48. The van der Waals surface area contributed by atoms with Crippen LogP contribution < -0.4 is 0 Å². The van der Waals surface area contributed by atoms with E-state index < -0.39 is 22.9 Å². The van der Waals surface area contributed by atoms with E-state index in [0.717, 1.165) is 5.56 Å². The van der Waals surface area contributed by atoms with Crippen molar-refractivity contribution in [2.45, 2.75) is 22.9 Å². The second-order valence-corrected chi connectivity index (χ2v) is 6.43. The van der Waals surface area contributed by atoms with Crippen LogP contribution in [0.4, 0.5) is 13.2 Å². The maximum Gasteiger partial charge on any atom is 0.471 e. The number of aromatic nitrogens is 2. The van der Waals surface area contributed by atoms with Crippen molar-refractivity contribution in [3.63, 3.8) is 0 Å². The lowest BCUT2D eigenvalue weighted by molar-refractivity contribution is -0.159. The van der Waals surface area contributed by atoms with Crippen LogP contribution in [0.3, 0.4) is 0 Å². The summed E-state index contributed by atoms with van der Waals surface area (Å²) in [6.45, 7) is 1.84. The number of halogens is 3. The highest BCUT2D eigenvalue weighted by Crippen LogP contribution is 2.30. The molecule has 1 unspecified atom stereocenters. The van der Waals surface area contributed by atoms with Gasteiger partial charge in [0.2, 0.25) is 5.82 Å². The first-order valence-electron chi connectivity index (χ1n) is 6.85. The van der Waals surface area contributed by atoms with E-state index in [9.17, 15) is 17.4 Å². The van der Waals surface area contributed by atoms with Gasteiger partial charge in [-0.2, -0.15) is 18.2 Å². The van der Waals surface area contributed by atoms with Crippen LogP contribution in [0.5, 0.6) is 0 Å². The van der Waals surface area contributed by atoms with Gasteiger partial charge >= 0.3 is 12.1 Å². The predicted molar refractivity (Wildman–Crippen MR) is 80.6 cm³/mol. The van der Waals surface area contributed by atoms with Crippen molar-refractivity contribution in [2.24, 2.45) is 0 Å². The monoisotopic (exact) mass is 352 g/mol. The molecule has 0 aliphatic heterocycles. The van der Waals surface area contributed by atoms with Crippen molar-refractivity contribution in [2.75, 3.05) is 0 Å². The van der Waals surface area contributed by atoms with Crippen molar-refractivity contribution in [1.29, 1.82) is 0 Å². The van der Waals surface area contributed by atoms with E-state index in [1.54, 1.807) is 24.3 Å². The zero-order valence-electron chi connectivity index (χ0n) is 12.4. The third-order valence-electron chi connectivity index (χ3n) is 3.27. The largest absolute Gasteiger partial charge is 0.471 e. The molecule has 1 atom stereocenters. The van der Waals surface area contributed by atoms with Gasteiger partial charge in [-0.1, -0.05) is 35.5 Å². The maximum absolute atomic E-state index is 12.7. The van der Waals surface area contributed by atoms with Gasteiger partial charge in [0, 0.05) is 15.4 Å². The molecule has 1 aromatic heterocycles. The summed E-state index contributed by atoms with van der Waals surface area (Å²) >= 11 is 0. The molecule has 1 heterocycles. The van der Waals surface area contributed by atoms with Crippen LogP contribution in [-0.2, 0) is 17.0 Å². The molecule has 4 nitrogen and oxygen atoms in total. The van der Waals surface area contributed by atoms with Crippen LogP contribution in [0.2, 0.25) is 0 Å². The Labute approximate surface area is 137 Å². The standard InChI is InChI=1S/C16H11F3N2O2S/c1-10-5-2-3-8-13(10)24(22)12-7-4-6-11(9-12)14-20-15(23-21-14)16(17,18)19/h2-9H,1H3. The molecule has 0 radical (unpaired) electrons. The highest BCUT2D eigenvalue weighted by atomic mass is 32.2. The van der Waals surface area contributed by atoms with Crippen molar-refractivity contribution in [3.8, 4) is 11.4 Å². The summed E-state index contributed by atoms with van der Waals surface area (Å²) < 4.78 is 54.5. The first-order chi connectivity index (χ1) is 11.4. The lowest BCUT2D eigenvalue weighted by atomic mass is 10.2. The van der Waals surface area contributed by atoms with Crippen molar-refractivity contribution in [3.05, 3.63) is 60.0 Å². The summed E-state index contributed by atoms with van der Waals surface area (Å²) in [6.07, 6.45) is -4.70. The molecule has 24 heavy (non-hydrogen) atoms. The number of rotatable bonds is 3. The number of benzene rings is 2. The molecular weight excluding hydrogens is 341 g/mol. The van der Waals surface area contributed by atoms with Crippen LogP contribution in [0.25, 0.3) is 11.4 Å². The fraction of sp³-hybridized carbons (Fsp3) is 0.125.